The Bertz CT molecular complexity index is 682. The van der Waals surface area contributed by atoms with E-state index in [-0.39, 0.29) is 6.03 Å². The summed E-state index contributed by atoms with van der Waals surface area (Å²) < 4.78 is 5.41. The molecule has 1 aliphatic heterocycles. The summed E-state index contributed by atoms with van der Waals surface area (Å²) in [6.07, 6.45) is 0.824. The van der Waals surface area contributed by atoms with Gasteiger partial charge in [-0.3, -0.25) is 4.90 Å². The average molecular weight is 353 g/mol. The van der Waals surface area contributed by atoms with Gasteiger partial charge in [0.15, 0.2) is 0 Å². The van der Waals surface area contributed by atoms with Crippen molar-refractivity contribution in [3.63, 3.8) is 0 Å². The first-order valence-corrected chi connectivity index (χ1v) is 9.23. The Kier molecular flexibility index (Phi) is 6.63. The van der Waals surface area contributed by atoms with E-state index in [0.717, 1.165) is 38.4 Å². The van der Waals surface area contributed by atoms with E-state index in [0.29, 0.717) is 12.6 Å². The van der Waals surface area contributed by atoms with Crippen molar-refractivity contribution in [1.29, 1.82) is 0 Å². The number of carbonyl (C=O) groups is 1. The molecule has 1 fully saturated rings. The number of ether oxygens (including phenoxy) is 1. The highest BCUT2D eigenvalue weighted by atomic mass is 16.5. The maximum atomic E-state index is 12.0. The zero-order valence-electron chi connectivity index (χ0n) is 15.3. The largest absolute Gasteiger partial charge is 0.379 e. The average Bonchev–Trinajstić information content (AvgIpc) is 2.69. The van der Waals surface area contributed by atoms with Crippen molar-refractivity contribution in [2.45, 2.75) is 19.4 Å². The van der Waals surface area contributed by atoms with E-state index < -0.39 is 0 Å². The van der Waals surface area contributed by atoms with Gasteiger partial charge in [-0.15, -0.1) is 0 Å². The van der Waals surface area contributed by atoms with Gasteiger partial charge in [-0.1, -0.05) is 42.5 Å². The Balaban J connectivity index is 1.45. The van der Waals surface area contributed by atoms with Gasteiger partial charge < -0.3 is 15.4 Å². The van der Waals surface area contributed by atoms with E-state index in [9.17, 15) is 4.79 Å². The Hall–Kier alpha value is -2.37. The molecular formula is C21H27N3O2. The van der Waals surface area contributed by atoms with Crippen LogP contribution in [0.5, 0.6) is 0 Å². The SMILES string of the molecule is CC(c1ccc(NC(=O)NCCc2ccccc2)cc1)N1CCOCC1. The molecule has 138 valence electrons. The number of nitrogens with zero attached hydrogens (tertiary/aromatic N) is 1. The molecule has 1 atom stereocenters. The molecule has 5 heteroatoms. The van der Waals surface area contributed by atoms with Crippen molar-refractivity contribution in [2.24, 2.45) is 0 Å². The lowest BCUT2D eigenvalue weighted by atomic mass is 10.1. The minimum absolute atomic E-state index is 0.171. The molecular weight excluding hydrogens is 326 g/mol. The highest BCUT2D eigenvalue weighted by Gasteiger charge is 2.18. The van der Waals surface area contributed by atoms with Gasteiger partial charge in [0.2, 0.25) is 0 Å². The first-order valence-electron chi connectivity index (χ1n) is 9.23. The summed E-state index contributed by atoms with van der Waals surface area (Å²) >= 11 is 0. The predicted octanol–water partition coefficient (Wildman–Crippen LogP) is 3.44. The van der Waals surface area contributed by atoms with Gasteiger partial charge in [0.05, 0.1) is 13.2 Å². The molecule has 2 aromatic rings. The molecule has 1 unspecified atom stereocenters. The standard InChI is InChI=1S/C21H27N3O2/c1-17(24-13-15-26-16-14-24)19-7-9-20(10-8-19)23-21(25)22-12-11-18-5-3-2-4-6-18/h2-10,17H,11-16H2,1H3,(H2,22,23,25). The summed E-state index contributed by atoms with van der Waals surface area (Å²) in [6, 6.07) is 18.4. The fourth-order valence-corrected chi connectivity index (χ4v) is 3.16. The van der Waals surface area contributed by atoms with Crippen LogP contribution in [-0.2, 0) is 11.2 Å². The Morgan fingerprint density at radius 2 is 1.77 bits per heavy atom. The van der Waals surface area contributed by atoms with Crippen molar-refractivity contribution in [2.75, 3.05) is 38.2 Å². The van der Waals surface area contributed by atoms with Gasteiger partial charge >= 0.3 is 6.03 Å². The van der Waals surface area contributed by atoms with E-state index in [1.54, 1.807) is 0 Å². The van der Waals surface area contributed by atoms with Crippen LogP contribution in [-0.4, -0.2) is 43.8 Å². The number of rotatable bonds is 6. The molecule has 5 nitrogen and oxygen atoms in total. The minimum atomic E-state index is -0.171. The number of carbonyl (C=O) groups excluding carboxylic acids is 1. The number of nitrogens with one attached hydrogen (secondary N) is 2. The number of hydrogen-bond donors (Lipinski definition) is 2. The van der Waals surface area contributed by atoms with E-state index >= 15 is 0 Å². The molecule has 0 radical (unpaired) electrons. The summed E-state index contributed by atoms with van der Waals surface area (Å²) in [5, 5.41) is 5.79. The number of urea groups is 1. The molecule has 1 heterocycles. The van der Waals surface area contributed by atoms with Crippen molar-refractivity contribution < 1.29 is 9.53 Å². The van der Waals surface area contributed by atoms with Crippen molar-refractivity contribution in [3.8, 4) is 0 Å². The summed E-state index contributed by atoms with van der Waals surface area (Å²) in [5.41, 5.74) is 3.27. The van der Waals surface area contributed by atoms with E-state index in [4.69, 9.17) is 4.74 Å². The normalized spacial score (nSPS) is 16.0. The van der Waals surface area contributed by atoms with Gasteiger partial charge in [0.25, 0.3) is 0 Å². The first-order chi connectivity index (χ1) is 12.7. The van der Waals surface area contributed by atoms with Crippen LogP contribution in [0.3, 0.4) is 0 Å². The Morgan fingerprint density at radius 1 is 1.08 bits per heavy atom. The van der Waals surface area contributed by atoms with Crippen LogP contribution in [0.2, 0.25) is 0 Å². The maximum Gasteiger partial charge on any atom is 0.319 e. The van der Waals surface area contributed by atoms with Crippen LogP contribution in [0.25, 0.3) is 0 Å². The number of amides is 2. The van der Waals surface area contributed by atoms with Crippen LogP contribution < -0.4 is 10.6 Å². The highest BCUT2D eigenvalue weighted by molar-refractivity contribution is 5.89. The van der Waals surface area contributed by atoms with Gasteiger partial charge in [-0.05, 0) is 36.6 Å². The molecule has 2 amide bonds. The molecule has 3 rings (SSSR count). The van der Waals surface area contributed by atoms with Crippen molar-refractivity contribution in [1.82, 2.24) is 10.2 Å². The molecule has 1 saturated heterocycles. The number of anilines is 1. The van der Waals surface area contributed by atoms with Crippen LogP contribution in [0.4, 0.5) is 10.5 Å². The lowest BCUT2D eigenvalue weighted by Crippen LogP contribution is -2.38. The molecule has 0 aliphatic carbocycles. The second-order valence-electron chi connectivity index (χ2n) is 6.56. The Morgan fingerprint density at radius 3 is 2.46 bits per heavy atom. The fourth-order valence-electron chi connectivity index (χ4n) is 3.16. The molecule has 2 N–H and O–H groups in total. The first kappa shape index (κ1) is 18.4. The van der Waals surface area contributed by atoms with Crippen LogP contribution in [0.15, 0.2) is 54.6 Å². The topological polar surface area (TPSA) is 53.6 Å². The number of morpholine rings is 1. The molecule has 0 aromatic heterocycles. The molecule has 1 aliphatic rings. The third-order valence-corrected chi connectivity index (χ3v) is 4.79. The summed E-state index contributed by atoms with van der Waals surface area (Å²) in [5.74, 6) is 0. The van der Waals surface area contributed by atoms with Crippen LogP contribution in [0.1, 0.15) is 24.1 Å². The second-order valence-corrected chi connectivity index (χ2v) is 6.56. The highest BCUT2D eigenvalue weighted by Crippen LogP contribution is 2.22. The number of hydrogen-bond acceptors (Lipinski definition) is 3. The zero-order valence-corrected chi connectivity index (χ0v) is 15.3. The van der Waals surface area contributed by atoms with Gasteiger partial charge in [-0.2, -0.15) is 0 Å². The number of benzene rings is 2. The Labute approximate surface area is 155 Å². The summed E-state index contributed by atoms with van der Waals surface area (Å²) in [4.78, 5) is 14.4. The van der Waals surface area contributed by atoms with Crippen LogP contribution in [0, 0.1) is 0 Å². The van der Waals surface area contributed by atoms with E-state index in [2.05, 4.69) is 46.7 Å². The maximum absolute atomic E-state index is 12.0. The zero-order chi connectivity index (χ0) is 18.2. The minimum Gasteiger partial charge on any atom is -0.379 e. The quantitative estimate of drug-likeness (QED) is 0.836. The van der Waals surface area contributed by atoms with E-state index in [1.165, 1.54) is 11.1 Å². The predicted molar refractivity (Wildman–Crippen MR) is 104 cm³/mol. The monoisotopic (exact) mass is 353 g/mol. The lowest BCUT2D eigenvalue weighted by Gasteiger charge is -2.32. The lowest BCUT2D eigenvalue weighted by molar-refractivity contribution is 0.0198. The third kappa shape index (κ3) is 5.31. The summed E-state index contributed by atoms with van der Waals surface area (Å²) in [7, 11) is 0. The van der Waals surface area contributed by atoms with E-state index in [1.807, 2.05) is 30.3 Å². The van der Waals surface area contributed by atoms with Gasteiger partial charge in [-0.25, -0.2) is 4.79 Å². The molecule has 26 heavy (non-hydrogen) atoms. The molecule has 0 spiro atoms. The van der Waals surface area contributed by atoms with Crippen molar-refractivity contribution in [3.05, 3.63) is 65.7 Å². The smallest absolute Gasteiger partial charge is 0.319 e. The van der Waals surface area contributed by atoms with Gasteiger partial charge in [0.1, 0.15) is 0 Å². The third-order valence-electron chi connectivity index (χ3n) is 4.79. The van der Waals surface area contributed by atoms with Crippen molar-refractivity contribution >= 4 is 11.7 Å². The molecule has 0 bridgehead atoms. The van der Waals surface area contributed by atoms with Gasteiger partial charge in [0, 0.05) is 31.4 Å². The summed E-state index contributed by atoms with van der Waals surface area (Å²) in [6.45, 7) is 6.35. The second kappa shape index (κ2) is 9.36. The molecule has 0 saturated carbocycles. The van der Waals surface area contributed by atoms with Crippen LogP contribution >= 0.6 is 0 Å². The molecule has 2 aromatic carbocycles. The fraction of sp³-hybridized carbons (Fsp3) is 0.381.